The molecule has 0 atom stereocenters. The maximum absolute atomic E-state index is 12.7. The van der Waals surface area contributed by atoms with Gasteiger partial charge >= 0.3 is 0 Å². The summed E-state index contributed by atoms with van der Waals surface area (Å²) in [6.45, 7) is 1.95. The van der Waals surface area contributed by atoms with Crippen molar-refractivity contribution in [1.29, 1.82) is 5.26 Å². The number of carbonyl (C=O) groups excluding carboxylic acids is 1. The number of ether oxygens (including phenoxy) is 1. The third-order valence-electron chi connectivity index (χ3n) is 5.43. The zero-order valence-electron chi connectivity index (χ0n) is 16.7. The lowest BCUT2D eigenvalue weighted by Gasteiger charge is -2.34. The fraction of sp³-hybridized carbons (Fsp3) is 0.636. The van der Waals surface area contributed by atoms with Crippen LogP contribution in [0.5, 0.6) is 0 Å². The highest BCUT2D eigenvalue weighted by Crippen LogP contribution is 2.26. The molecule has 2 rings (SSSR count). The Morgan fingerprint density at radius 3 is 2.67 bits per heavy atom. The van der Waals surface area contributed by atoms with Gasteiger partial charge in [0.1, 0.15) is 0 Å². The Morgan fingerprint density at radius 1 is 1.22 bits per heavy atom. The summed E-state index contributed by atoms with van der Waals surface area (Å²) in [4.78, 5) is 14.5. The molecule has 0 spiro atoms. The summed E-state index contributed by atoms with van der Waals surface area (Å²) in [7, 11) is 3.87. The minimum Gasteiger partial charge on any atom is -0.378 e. The van der Waals surface area contributed by atoms with Gasteiger partial charge in [0.05, 0.1) is 17.7 Å². The fourth-order valence-corrected chi connectivity index (χ4v) is 3.70. The van der Waals surface area contributed by atoms with E-state index in [4.69, 9.17) is 10.00 Å². The van der Waals surface area contributed by atoms with Crippen LogP contribution < -0.4 is 5.32 Å². The molecule has 0 unspecified atom stereocenters. The van der Waals surface area contributed by atoms with E-state index < -0.39 is 0 Å². The summed E-state index contributed by atoms with van der Waals surface area (Å²) in [5.74, 6) is -0.00182. The van der Waals surface area contributed by atoms with Crippen LogP contribution in [0.15, 0.2) is 24.3 Å². The maximum Gasteiger partial charge on any atom is 0.253 e. The average Bonchev–Trinajstić information content (AvgIpc) is 2.72. The lowest BCUT2D eigenvalue weighted by atomic mass is 9.91. The van der Waals surface area contributed by atoms with Crippen LogP contribution in [-0.2, 0) is 4.74 Å². The van der Waals surface area contributed by atoms with Gasteiger partial charge in [0.2, 0.25) is 0 Å². The van der Waals surface area contributed by atoms with Crippen molar-refractivity contribution in [3.05, 3.63) is 35.4 Å². The number of benzene rings is 1. The van der Waals surface area contributed by atoms with Gasteiger partial charge in [-0.15, -0.1) is 0 Å². The second-order valence-corrected chi connectivity index (χ2v) is 7.43. The van der Waals surface area contributed by atoms with Crippen molar-refractivity contribution in [3.63, 3.8) is 0 Å². The van der Waals surface area contributed by atoms with Crippen LogP contribution in [0.3, 0.4) is 0 Å². The molecule has 1 saturated carbocycles. The van der Waals surface area contributed by atoms with Crippen LogP contribution >= 0.6 is 0 Å². The Morgan fingerprint density at radius 2 is 1.96 bits per heavy atom. The van der Waals surface area contributed by atoms with Gasteiger partial charge < -0.3 is 15.0 Å². The zero-order chi connectivity index (χ0) is 19.5. The number of carbonyl (C=O) groups is 1. The topological polar surface area (TPSA) is 65.4 Å². The number of amides is 1. The number of unbranched alkanes of at least 4 members (excludes halogenated alkanes) is 3. The smallest absolute Gasteiger partial charge is 0.253 e. The molecule has 5 nitrogen and oxygen atoms in total. The van der Waals surface area contributed by atoms with E-state index in [-0.39, 0.29) is 11.9 Å². The first kappa shape index (κ1) is 21.4. The van der Waals surface area contributed by atoms with Gasteiger partial charge in [-0.05, 0) is 70.3 Å². The third-order valence-corrected chi connectivity index (χ3v) is 5.43. The molecule has 1 fully saturated rings. The molecule has 5 heteroatoms. The monoisotopic (exact) mass is 371 g/mol. The summed E-state index contributed by atoms with van der Waals surface area (Å²) >= 11 is 0. The Balaban J connectivity index is 1.68. The number of rotatable bonds is 10. The summed E-state index contributed by atoms with van der Waals surface area (Å²) in [6.07, 6.45) is 9.19. The second kappa shape index (κ2) is 11.7. The Labute approximate surface area is 163 Å². The molecule has 148 valence electrons. The van der Waals surface area contributed by atoms with Crippen molar-refractivity contribution >= 4 is 5.91 Å². The minimum atomic E-state index is -0.00182. The molecule has 1 N–H and O–H groups in total. The summed E-state index contributed by atoms with van der Waals surface area (Å²) < 4.78 is 6.04. The van der Waals surface area contributed by atoms with Crippen LogP contribution in [0.25, 0.3) is 0 Å². The molecule has 1 aromatic carbocycles. The molecule has 0 bridgehead atoms. The molecule has 0 radical (unpaired) electrons. The van der Waals surface area contributed by atoms with E-state index in [1.165, 1.54) is 19.3 Å². The van der Waals surface area contributed by atoms with Crippen molar-refractivity contribution in [2.24, 2.45) is 0 Å². The number of nitriles is 1. The van der Waals surface area contributed by atoms with Crippen molar-refractivity contribution in [2.75, 3.05) is 27.2 Å². The van der Waals surface area contributed by atoms with Gasteiger partial charge in [0, 0.05) is 25.3 Å². The van der Waals surface area contributed by atoms with Crippen molar-refractivity contribution in [3.8, 4) is 6.07 Å². The zero-order valence-corrected chi connectivity index (χ0v) is 16.7. The molecule has 0 aromatic heterocycles. The highest BCUT2D eigenvalue weighted by atomic mass is 16.5. The highest BCUT2D eigenvalue weighted by Gasteiger charge is 2.27. The van der Waals surface area contributed by atoms with E-state index in [0.29, 0.717) is 17.2 Å². The quantitative estimate of drug-likeness (QED) is 0.636. The maximum atomic E-state index is 12.7. The largest absolute Gasteiger partial charge is 0.378 e. The molecule has 27 heavy (non-hydrogen) atoms. The van der Waals surface area contributed by atoms with Crippen LogP contribution in [-0.4, -0.2) is 50.2 Å². The minimum absolute atomic E-state index is 0.00182. The first-order valence-electron chi connectivity index (χ1n) is 10.2. The van der Waals surface area contributed by atoms with Crippen LogP contribution in [0.2, 0.25) is 0 Å². The number of hydrogen-bond acceptors (Lipinski definition) is 4. The van der Waals surface area contributed by atoms with Crippen LogP contribution in [0.1, 0.15) is 67.3 Å². The molecule has 0 heterocycles. The Kier molecular flexibility index (Phi) is 9.30. The Bertz CT molecular complexity index is 618. The van der Waals surface area contributed by atoms with Gasteiger partial charge in [0.25, 0.3) is 5.91 Å². The predicted molar refractivity (Wildman–Crippen MR) is 108 cm³/mol. The van der Waals surface area contributed by atoms with E-state index in [0.717, 1.165) is 45.3 Å². The molecule has 1 aromatic rings. The highest BCUT2D eigenvalue weighted by molar-refractivity contribution is 5.94. The third kappa shape index (κ3) is 6.97. The van der Waals surface area contributed by atoms with E-state index >= 15 is 0 Å². The van der Waals surface area contributed by atoms with Gasteiger partial charge in [-0.2, -0.15) is 5.26 Å². The number of hydrogen-bond donors (Lipinski definition) is 1. The molecule has 0 aliphatic heterocycles. The fourth-order valence-electron chi connectivity index (χ4n) is 3.70. The lowest BCUT2D eigenvalue weighted by Crippen LogP contribution is -2.40. The Hall–Kier alpha value is -1.90. The van der Waals surface area contributed by atoms with E-state index in [1.807, 2.05) is 19.0 Å². The summed E-state index contributed by atoms with van der Waals surface area (Å²) in [6, 6.07) is 9.29. The molecule has 0 saturated heterocycles. The van der Waals surface area contributed by atoms with E-state index in [2.05, 4.69) is 11.4 Å². The first-order valence-corrected chi connectivity index (χ1v) is 10.2. The van der Waals surface area contributed by atoms with Crippen molar-refractivity contribution in [1.82, 2.24) is 10.2 Å². The van der Waals surface area contributed by atoms with Gasteiger partial charge in [-0.1, -0.05) is 18.9 Å². The van der Waals surface area contributed by atoms with Crippen LogP contribution in [0, 0.1) is 11.3 Å². The SMILES string of the molecule is CNCCCCCCO[C@H]1CC[C@H](N(C)C(=O)c2cccc(C#N)c2)CC1. The van der Waals surface area contributed by atoms with Gasteiger partial charge in [-0.25, -0.2) is 0 Å². The lowest BCUT2D eigenvalue weighted by molar-refractivity contribution is 0.00911. The molecule has 1 aliphatic carbocycles. The van der Waals surface area contributed by atoms with Crippen molar-refractivity contribution < 1.29 is 9.53 Å². The van der Waals surface area contributed by atoms with Gasteiger partial charge in [-0.3, -0.25) is 4.79 Å². The molecular formula is C22H33N3O2. The van der Waals surface area contributed by atoms with Crippen LogP contribution in [0.4, 0.5) is 0 Å². The normalized spacial score (nSPS) is 19.4. The number of nitrogens with one attached hydrogen (secondary N) is 1. The second-order valence-electron chi connectivity index (χ2n) is 7.43. The average molecular weight is 372 g/mol. The van der Waals surface area contributed by atoms with E-state index in [1.54, 1.807) is 24.3 Å². The van der Waals surface area contributed by atoms with E-state index in [9.17, 15) is 4.79 Å². The standard InChI is InChI=1S/C22H33N3O2/c1-24-14-5-3-4-6-15-27-21-12-10-20(11-13-21)25(2)22(26)19-9-7-8-18(16-19)17-23/h7-9,16,20-21,24H,3-6,10-15H2,1-2H3/t20-,21-. The molecule has 1 amide bonds. The predicted octanol–water partition coefficient (Wildman–Crippen LogP) is 3.74. The van der Waals surface area contributed by atoms with Gasteiger partial charge in [0.15, 0.2) is 0 Å². The number of nitrogens with zero attached hydrogens (tertiary/aromatic N) is 2. The summed E-state index contributed by atoms with van der Waals surface area (Å²) in [5.41, 5.74) is 1.12. The molecule has 1 aliphatic rings. The summed E-state index contributed by atoms with van der Waals surface area (Å²) in [5, 5.41) is 12.2. The van der Waals surface area contributed by atoms with Crippen molar-refractivity contribution in [2.45, 2.75) is 63.5 Å². The molecular weight excluding hydrogens is 338 g/mol. The first-order chi connectivity index (χ1) is 13.2.